The minimum Gasteiger partial charge on any atom is -0.323 e. The lowest BCUT2D eigenvalue weighted by atomic mass is 10.2. The first-order chi connectivity index (χ1) is 8.69. The van der Waals surface area contributed by atoms with Gasteiger partial charge in [0, 0.05) is 23.9 Å². The Morgan fingerprint density at radius 2 is 1.94 bits per heavy atom. The van der Waals surface area contributed by atoms with Crippen LogP contribution in [0, 0.1) is 0 Å². The molecule has 90 valence electrons. The molecule has 2 aromatic rings. The summed E-state index contributed by atoms with van der Waals surface area (Å²) in [5.74, 6) is -0.301. The third-order valence-electron chi connectivity index (χ3n) is 2.62. The molecule has 0 unspecified atom stereocenters. The van der Waals surface area contributed by atoms with Crippen LogP contribution >= 0.6 is 11.8 Å². The van der Waals surface area contributed by atoms with Gasteiger partial charge in [0.05, 0.1) is 16.7 Å². The quantitative estimate of drug-likeness (QED) is 0.636. The van der Waals surface area contributed by atoms with E-state index in [1.807, 2.05) is 0 Å². The summed E-state index contributed by atoms with van der Waals surface area (Å²) in [6.07, 6.45) is 2.48. The van der Waals surface area contributed by atoms with E-state index in [0.717, 1.165) is 4.90 Å². The van der Waals surface area contributed by atoms with Crippen LogP contribution in [-0.4, -0.2) is 21.8 Å². The molecular formula is C11H7ClN4O2. The van der Waals surface area contributed by atoms with Crippen molar-refractivity contribution in [2.24, 2.45) is 0 Å². The molecule has 2 heterocycles. The summed E-state index contributed by atoms with van der Waals surface area (Å²) in [5, 5.41) is 0. The zero-order valence-corrected chi connectivity index (χ0v) is 9.73. The molecular weight excluding hydrogens is 256 g/mol. The number of carbonyl (C=O) groups excluding carboxylic acids is 2. The van der Waals surface area contributed by atoms with Crippen LogP contribution in [0.5, 0.6) is 0 Å². The number of amides is 2. The van der Waals surface area contributed by atoms with Crippen molar-refractivity contribution in [1.29, 1.82) is 0 Å². The number of aromatic amines is 1. The topological polar surface area (TPSA) is 78.1 Å². The Labute approximate surface area is 106 Å². The van der Waals surface area contributed by atoms with E-state index in [1.54, 1.807) is 18.2 Å². The van der Waals surface area contributed by atoms with Crippen LogP contribution in [0.2, 0.25) is 0 Å². The smallest absolute Gasteiger partial charge is 0.258 e. The van der Waals surface area contributed by atoms with Crippen molar-refractivity contribution >= 4 is 46.3 Å². The summed E-state index contributed by atoms with van der Waals surface area (Å²) in [4.78, 5) is 33.6. The fraction of sp³-hybridized carbons (Fsp3) is 0. The molecule has 0 saturated heterocycles. The molecule has 0 bridgehead atoms. The lowest BCUT2D eigenvalue weighted by molar-refractivity contribution is -0.119. The van der Waals surface area contributed by atoms with Crippen molar-refractivity contribution in [2.75, 3.05) is 9.74 Å². The zero-order chi connectivity index (χ0) is 12.7. The van der Waals surface area contributed by atoms with Gasteiger partial charge in [0.1, 0.15) is 0 Å². The second kappa shape index (κ2) is 3.85. The summed E-state index contributed by atoms with van der Waals surface area (Å²) in [7, 11) is 0. The maximum Gasteiger partial charge on any atom is 0.258 e. The van der Waals surface area contributed by atoms with E-state index in [4.69, 9.17) is 11.8 Å². The third kappa shape index (κ3) is 1.54. The highest BCUT2D eigenvalue weighted by Gasteiger charge is 2.25. The van der Waals surface area contributed by atoms with E-state index in [9.17, 15) is 9.59 Å². The van der Waals surface area contributed by atoms with Crippen molar-refractivity contribution in [3.05, 3.63) is 30.4 Å². The van der Waals surface area contributed by atoms with Gasteiger partial charge in [-0.3, -0.25) is 14.4 Å². The number of nitrogens with zero attached hydrogens (tertiary/aromatic N) is 2. The van der Waals surface area contributed by atoms with Crippen LogP contribution in [0.4, 0.5) is 11.6 Å². The van der Waals surface area contributed by atoms with Gasteiger partial charge in [-0.25, -0.2) is 9.88 Å². The molecule has 2 N–H and O–H groups in total. The number of hydrogen-bond acceptors (Lipinski definition) is 4. The monoisotopic (exact) mass is 262 g/mol. The number of benzene rings is 1. The van der Waals surface area contributed by atoms with Gasteiger partial charge in [0.15, 0.2) is 0 Å². The average Bonchev–Trinajstić information content (AvgIpc) is 2.92. The van der Waals surface area contributed by atoms with E-state index in [0.29, 0.717) is 22.7 Å². The highest BCUT2D eigenvalue weighted by Crippen LogP contribution is 2.24. The number of halogens is 1. The van der Waals surface area contributed by atoms with Gasteiger partial charge < -0.3 is 4.98 Å². The van der Waals surface area contributed by atoms with Crippen LogP contribution in [0.15, 0.2) is 30.4 Å². The number of anilines is 2. The van der Waals surface area contributed by atoms with Gasteiger partial charge >= 0.3 is 0 Å². The minimum atomic E-state index is -0.352. The number of hydrogen-bond donors (Lipinski definition) is 2. The Kier molecular flexibility index (Phi) is 2.31. The van der Waals surface area contributed by atoms with E-state index in [2.05, 4.69) is 14.8 Å². The lowest BCUT2D eigenvalue weighted by Crippen LogP contribution is -2.29. The second-order valence-corrected chi connectivity index (χ2v) is 3.92. The standard InChI is InChI=1S/C11H7ClN4O2/c12-15-11-13-7-2-1-6(5-8(7)14-11)16-9(17)3-4-10(16)18/h1-5H,(H2,13,14,15). The van der Waals surface area contributed by atoms with Crippen LogP contribution in [0.25, 0.3) is 11.0 Å². The molecule has 1 aromatic carbocycles. The Hall–Kier alpha value is -2.34. The van der Waals surface area contributed by atoms with Crippen LogP contribution in [-0.2, 0) is 9.59 Å². The molecule has 1 aliphatic heterocycles. The molecule has 6 nitrogen and oxygen atoms in total. The van der Waals surface area contributed by atoms with Crippen molar-refractivity contribution in [2.45, 2.75) is 0 Å². The maximum absolute atomic E-state index is 11.5. The van der Waals surface area contributed by atoms with Gasteiger partial charge in [-0.2, -0.15) is 0 Å². The lowest BCUT2D eigenvalue weighted by Gasteiger charge is -2.13. The minimum absolute atomic E-state index is 0.352. The van der Waals surface area contributed by atoms with Crippen molar-refractivity contribution in [1.82, 2.24) is 9.97 Å². The normalized spacial score (nSPS) is 14.8. The summed E-state index contributed by atoms with van der Waals surface area (Å²) in [5.41, 5.74) is 1.87. The number of imide groups is 1. The Morgan fingerprint density at radius 1 is 1.22 bits per heavy atom. The molecule has 0 spiro atoms. The summed E-state index contributed by atoms with van der Waals surface area (Å²) >= 11 is 5.44. The van der Waals surface area contributed by atoms with Crippen LogP contribution in [0.1, 0.15) is 0 Å². The first-order valence-corrected chi connectivity index (χ1v) is 5.49. The highest BCUT2D eigenvalue weighted by molar-refractivity contribution is 6.28. The predicted octanol–water partition coefficient (Wildman–Crippen LogP) is 1.56. The summed E-state index contributed by atoms with van der Waals surface area (Å²) < 4.78 is 0. The second-order valence-electron chi connectivity index (χ2n) is 3.73. The number of carbonyl (C=O) groups is 2. The maximum atomic E-state index is 11.5. The Balaban J connectivity index is 2.08. The number of nitrogens with one attached hydrogen (secondary N) is 2. The number of rotatable bonds is 2. The van der Waals surface area contributed by atoms with Crippen molar-refractivity contribution in [3.8, 4) is 0 Å². The summed E-state index contributed by atoms with van der Waals surface area (Å²) in [6, 6.07) is 5.03. The number of H-pyrrole nitrogens is 1. The molecule has 1 aliphatic rings. The molecule has 2 amide bonds. The van der Waals surface area contributed by atoms with Crippen molar-refractivity contribution < 1.29 is 9.59 Å². The van der Waals surface area contributed by atoms with Gasteiger partial charge in [-0.15, -0.1) is 0 Å². The Morgan fingerprint density at radius 3 is 2.61 bits per heavy atom. The average molecular weight is 263 g/mol. The highest BCUT2D eigenvalue weighted by atomic mass is 35.5. The summed E-state index contributed by atoms with van der Waals surface area (Å²) in [6.45, 7) is 0. The Bertz CT molecular complexity index is 673. The molecule has 0 saturated carbocycles. The van der Waals surface area contributed by atoms with E-state index in [1.165, 1.54) is 12.2 Å². The molecule has 0 radical (unpaired) electrons. The van der Waals surface area contributed by atoms with E-state index >= 15 is 0 Å². The molecule has 18 heavy (non-hydrogen) atoms. The first-order valence-electron chi connectivity index (χ1n) is 5.11. The van der Waals surface area contributed by atoms with Gasteiger partial charge in [-0.1, -0.05) is 0 Å². The molecule has 0 fully saturated rings. The number of fused-ring (bicyclic) bond motifs is 1. The molecule has 1 aromatic heterocycles. The molecule has 3 rings (SSSR count). The number of imidazole rings is 1. The predicted molar refractivity (Wildman–Crippen MR) is 67.2 cm³/mol. The number of aromatic nitrogens is 2. The van der Waals surface area contributed by atoms with E-state index < -0.39 is 0 Å². The first kappa shape index (κ1) is 10.8. The molecule has 7 heteroatoms. The zero-order valence-electron chi connectivity index (χ0n) is 8.98. The SMILES string of the molecule is O=C1C=CC(=O)N1c1ccc2nc(NCl)[nH]c2c1. The van der Waals surface area contributed by atoms with E-state index in [-0.39, 0.29) is 11.8 Å². The largest absolute Gasteiger partial charge is 0.323 e. The third-order valence-corrected chi connectivity index (χ3v) is 2.80. The van der Waals surface area contributed by atoms with Crippen LogP contribution in [0.3, 0.4) is 0 Å². The van der Waals surface area contributed by atoms with Gasteiger partial charge in [-0.05, 0) is 18.2 Å². The molecule has 0 atom stereocenters. The van der Waals surface area contributed by atoms with Crippen LogP contribution < -0.4 is 9.74 Å². The fourth-order valence-electron chi connectivity index (χ4n) is 1.84. The van der Waals surface area contributed by atoms with Gasteiger partial charge in [0.2, 0.25) is 5.95 Å². The fourth-order valence-corrected chi connectivity index (χ4v) is 1.93. The van der Waals surface area contributed by atoms with Gasteiger partial charge in [0.25, 0.3) is 11.8 Å². The van der Waals surface area contributed by atoms with Crippen molar-refractivity contribution in [3.63, 3.8) is 0 Å². The molecule has 0 aliphatic carbocycles.